The number of fused-ring (bicyclic) bond motifs is 7. The zero-order chi connectivity index (χ0) is 46.0. The lowest BCUT2D eigenvalue weighted by Crippen LogP contribution is -2.68. The fraction of sp³-hybridized carbons (Fsp3) is 0.935. The topological polar surface area (TPSA) is 275 Å². The summed E-state index contributed by atoms with van der Waals surface area (Å²) in [5.74, 6) is -0.701. The monoisotopic (exact) mass is 898 g/mol. The zero-order valence-corrected chi connectivity index (χ0v) is 37.8. The molecule has 4 saturated carbocycles. The number of ether oxygens (including phenoxy) is 6. The Kier molecular flexibility index (Phi) is 12.7. The number of carbonyl (C=O) groups is 1. The first-order valence-corrected chi connectivity index (χ1v) is 23.2. The molecule has 63 heavy (non-hydrogen) atoms. The molecule has 17 heteroatoms. The molecule has 0 aromatic heterocycles. The van der Waals surface area contributed by atoms with Gasteiger partial charge in [0.1, 0.15) is 66.5 Å². The maximum absolute atomic E-state index is 13.1. The Labute approximate surface area is 369 Å². The van der Waals surface area contributed by atoms with Crippen molar-refractivity contribution < 1.29 is 84.3 Å². The van der Waals surface area contributed by atoms with E-state index in [1.807, 2.05) is 0 Å². The number of hydrogen-bond donors (Lipinski definition) is 10. The Bertz CT molecular complexity index is 1730. The van der Waals surface area contributed by atoms with Crippen molar-refractivity contribution in [2.45, 2.75) is 198 Å². The lowest BCUT2D eigenvalue weighted by atomic mass is 9.33. The Morgan fingerprint density at radius 2 is 1.35 bits per heavy atom. The maximum atomic E-state index is 13.1. The van der Waals surface area contributed by atoms with E-state index >= 15 is 0 Å². The van der Waals surface area contributed by atoms with Gasteiger partial charge in [-0.15, -0.1) is 0 Å². The van der Waals surface area contributed by atoms with Gasteiger partial charge in [-0.25, -0.2) is 0 Å². The van der Waals surface area contributed by atoms with E-state index < -0.39 is 121 Å². The summed E-state index contributed by atoms with van der Waals surface area (Å²) in [6.07, 6.45) is -12.3. The van der Waals surface area contributed by atoms with E-state index in [9.17, 15) is 55.9 Å². The predicted octanol–water partition coefficient (Wildman–Crippen LogP) is 0.955. The third-order valence-corrected chi connectivity index (χ3v) is 18.6. The molecule has 3 aliphatic heterocycles. The molecule has 0 radical (unpaired) electrons. The van der Waals surface area contributed by atoms with Gasteiger partial charge < -0.3 is 79.5 Å². The summed E-state index contributed by atoms with van der Waals surface area (Å²) in [4.78, 5) is 13.1. The molecule has 0 amide bonds. The smallest absolute Gasteiger partial charge is 0.312 e. The van der Waals surface area contributed by atoms with E-state index in [1.165, 1.54) is 5.57 Å². The van der Waals surface area contributed by atoms with Gasteiger partial charge >= 0.3 is 5.97 Å². The molecule has 8 aliphatic rings. The second kappa shape index (κ2) is 16.7. The minimum absolute atomic E-state index is 0.0349. The SMILES string of the molecule is CC1(C)CC[C@@]2(C(=O)O)C(C1)C1=CCC3[C@@]4(C)CC[C@H](O[C@@H]5O[C@H](CO[C@@H]6OC[C@H](O)[C@H](O)[C@H]6O[C@@H]6OC[C@H](O)[C@H](O)[C@H]6O)[C@@H](O)[C@H](O)[C@H]5O)C(C)(C)C4CC[C@@]3(C)[C@]1(C)C[C@H]2O. The van der Waals surface area contributed by atoms with Crippen LogP contribution in [-0.2, 0) is 33.2 Å². The highest BCUT2D eigenvalue weighted by Gasteiger charge is 2.71. The number of aliphatic hydroxyl groups is 9. The fourth-order valence-corrected chi connectivity index (χ4v) is 14.6. The lowest BCUT2D eigenvalue weighted by Gasteiger charge is -2.71. The average Bonchev–Trinajstić information content (AvgIpc) is 3.20. The fourth-order valence-electron chi connectivity index (χ4n) is 14.6. The van der Waals surface area contributed by atoms with Gasteiger partial charge in [-0.3, -0.25) is 4.79 Å². The van der Waals surface area contributed by atoms with Crippen molar-refractivity contribution in [2.24, 2.45) is 50.2 Å². The lowest BCUT2D eigenvalue weighted by molar-refractivity contribution is -0.357. The van der Waals surface area contributed by atoms with Crippen LogP contribution in [0.5, 0.6) is 0 Å². The standard InChI is InChI=1S/C46H74O17/c1-41(2)14-15-46(40(56)57)22(16-41)21-8-9-27-43(5)12-11-29(42(3,4)26(43)10-13-44(27,6)45(21,7)17-28(46)49)62-38-35(55)33(53)32(52)25(61-38)20-60-39-36(31(51)24(48)19-59-39)63-37-34(54)30(50)23(47)18-58-37/h8,22-39,47-55H,9-20H2,1-7H3,(H,56,57)/t22?,23-,24-,25+,26?,27?,28+,29-,30-,31-,32+,33-,34+,35+,36+,37-,38-,39-,43-,44+,45+,46+/m0/s1. The normalized spacial score (nSPS) is 54.1. The third kappa shape index (κ3) is 7.50. The molecule has 8 rings (SSSR count). The van der Waals surface area contributed by atoms with Crippen molar-refractivity contribution in [1.82, 2.24) is 0 Å². The van der Waals surface area contributed by atoms with Crippen molar-refractivity contribution in [3.63, 3.8) is 0 Å². The van der Waals surface area contributed by atoms with Gasteiger partial charge in [-0.2, -0.15) is 0 Å². The van der Waals surface area contributed by atoms with Crippen molar-refractivity contribution in [1.29, 1.82) is 0 Å². The molecule has 0 aromatic rings. The van der Waals surface area contributed by atoms with Gasteiger partial charge in [0, 0.05) is 0 Å². The second-order valence-corrected chi connectivity index (χ2v) is 22.7. The number of carboxylic acid groups (broad SMARTS) is 1. The molecule has 17 nitrogen and oxygen atoms in total. The molecule has 7 fully saturated rings. The molecule has 0 spiro atoms. The number of carboxylic acids is 1. The largest absolute Gasteiger partial charge is 0.481 e. The second-order valence-electron chi connectivity index (χ2n) is 22.7. The Morgan fingerprint density at radius 1 is 0.698 bits per heavy atom. The van der Waals surface area contributed by atoms with Crippen LogP contribution < -0.4 is 0 Å². The summed E-state index contributed by atoms with van der Waals surface area (Å²) in [5.41, 5.74) is -1.18. The highest BCUT2D eigenvalue weighted by Crippen LogP contribution is 2.76. The van der Waals surface area contributed by atoms with Crippen LogP contribution in [0.2, 0.25) is 0 Å². The minimum Gasteiger partial charge on any atom is -0.481 e. The van der Waals surface area contributed by atoms with E-state index in [2.05, 4.69) is 54.5 Å². The van der Waals surface area contributed by atoms with Crippen LogP contribution in [0.25, 0.3) is 0 Å². The Balaban J connectivity index is 0.970. The number of aliphatic hydroxyl groups excluding tert-OH is 9. The summed E-state index contributed by atoms with van der Waals surface area (Å²) in [7, 11) is 0. The number of aliphatic carboxylic acids is 1. The van der Waals surface area contributed by atoms with Crippen molar-refractivity contribution in [3.05, 3.63) is 11.6 Å². The molecule has 0 bridgehead atoms. The van der Waals surface area contributed by atoms with Crippen LogP contribution in [0.4, 0.5) is 0 Å². The first-order chi connectivity index (χ1) is 29.3. The molecule has 5 aliphatic carbocycles. The van der Waals surface area contributed by atoms with Crippen LogP contribution in [0.15, 0.2) is 11.6 Å². The van der Waals surface area contributed by atoms with E-state index in [1.54, 1.807) is 0 Å². The Morgan fingerprint density at radius 3 is 2.03 bits per heavy atom. The van der Waals surface area contributed by atoms with Gasteiger partial charge in [0.2, 0.25) is 0 Å². The molecule has 360 valence electrons. The molecule has 22 atom stereocenters. The van der Waals surface area contributed by atoms with Crippen LogP contribution in [-0.4, -0.2) is 169 Å². The summed E-state index contributed by atoms with van der Waals surface area (Å²) in [6.45, 7) is 14.7. The summed E-state index contributed by atoms with van der Waals surface area (Å²) >= 11 is 0. The highest BCUT2D eigenvalue weighted by atomic mass is 16.8. The van der Waals surface area contributed by atoms with E-state index in [0.717, 1.165) is 38.5 Å². The molecule has 0 aromatic carbocycles. The van der Waals surface area contributed by atoms with Crippen molar-refractivity contribution in [3.8, 4) is 0 Å². The van der Waals surface area contributed by atoms with Crippen LogP contribution >= 0.6 is 0 Å². The van der Waals surface area contributed by atoms with Gasteiger partial charge in [-0.05, 0) is 103 Å². The molecule has 3 unspecified atom stereocenters. The van der Waals surface area contributed by atoms with Gasteiger partial charge in [-0.1, -0.05) is 60.1 Å². The zero-order valence-electron chi connectivity index (χ0n) is 37.8. The van der Waals surface area contributed by atoms with Gasteiger partial charge in [0.25, 0.3) is 0 Å². The summed E-state index contributed by atoms with van der Waals surface area (Å²) in [5, 5.41) is 108. The minimum atomic E-state index is -1.70. The summed E-state index contributed by atoms with van der Waals surface area (Å²) in [6, 6.07) is 0. The van der Waals surface area contributed by atoms with E-state index in [4.69, 9.17) is 28.4 Å². The molecule has 3 heterocycles. The van der Waals surface area contributed by atoms with Crippen LogP contribution in [0.1, 0.15) is 106 Å². The first kappa shape index (κ1) is 48.1. The molecular formula is C46H74O17. The maximum Gasteiger partial charge on any atom is 0.312 e. The highest BCUT2D eigenvalue weighted by molar-refractivity contribution is 5.77. The Hall–Kier alpha value is -1.39. The van der Waals surface area contributed by atoms with Gasteiger partial charge in [0.15, 0.2) is 18.9 Å². The number of allylic oxidation sites excluding steroid dienone is 2. The first-order valence-electron chi connectivity index (χ1n) is 23.2. The number of hydrogen-bond acceptors (Lipinski definition) is 16. The molecule has 10 N–H and O–H groups in total. The van der Waals surface area contributed by atoms with Crippen LogP contribution in [0, 0.1) is 50.2 Å². The van der Waals surface area contributed by atoms with E-state index in [0.29, 0.717) is 19.3 Å². The summed E-state index contributed by atoms with van der Waals surface area (Å²) < 4.78 is 35.4. The van der Waals surface area contributed by atoms with Crippen LogP contribution in [0.3, 0.4) is 0 Å². The third-order valence-electron chi connectivity index (χ3n) is 18.6. The average molecular weight is 899 g/mol. The predicted molar refractivity (Wildman–Crippen MR) is 220 cm³/mol. The van der Waals surface area contributed by atoms with Crippen molar-refractivity contribution in [2.75, 3.05) is 19.8 Å². The van der Waals surface area contributed by atoms with Crippen molar-refractivity contribution >= 4 is 5.97 Å². The van der Waals surface area contributed by atoms with E-state index in [-0.39, 0.29) is 47.2 Å². The number of rotatable bonds is 8. The molecule has 3 saturated heterocycles. The van der Waals surface area contributed by atoms with Gasteiger partial charge in [0.05, 0.1) is 32.0 Å². The quantitative estimate of drug-likeness (QED) is 0.120. The molecular weight excluding hydrogens is 824 g/mol.